The normalized spacial score (nSPS) is 15.1. The van der Waals surface area contributed by atoms with Crippen LogP contribution in [0.15, 0.2) is 52.2 Å². The lowest BCUT2D eigenvalue weighted by Crippen LogP contribution is -2.41. The molecule has 2 aromatic carbocycles. The first-order chi connectivity index (χ1) is 14.9. The first kappa shape index (κ1) is 21.0. The molecule has 1 aliphatic heterocycles. The molecule has 0 aliphatic carbocycles. The number of hydrogen-bond acceptors (Lipinski definition) is 8. The van der Waals surface area contributed by atoms with Crippen molar-refractivity contribution in [2.45, 2.75) is 11.6 Å². The molecule has 10 nitrogen and oxygen atoms in total. The largest absolute Gasteiger partial charge is 0.439 e. The number of esters is 1. The smallest absolute Gasteiger partial charge is 0.339 e. The van der Waals surface area contributed by atoms with Crippen LogP contribution in [0.3, 0.4) is 0 Å². The Kier molecular flexibility index (Phi) is 5.76. The van der Waals surface area contributed by atoms with Gasteiger partial charge in [0.15, 0.2) is 6.73 Å². The monoisotopic (exact) mass is 448 g/mol. The van der Waals surface area contributed by atoms with Crippen LogP contribution in [-0.4, -0.2) is 60.0 Å². The molecule has 0 saturated carbocycles. The minimum absolute atomic E-state index is 0.0833. The van der Waals surface area contributed by atoms with E-state index in [0.29, 0.717) is 10.9 Å². The predicted octanol–water partition coefficient (Wildman–Crippen LogP) is 0.766. The summed E-state index contributed by atoms with van der Waals surface area (Å²) in [4.78, 5) is 24.2. The zero-order valence-corrected chi connectivity index (χ0v) is 16.9. The van der Waals surface area contributed by atoms with Crippen LogP contribution in [0.2, 0.25) is 0 Å². The van der Waals surface area contributed by atoms with E-state index in [1.165, 1.54) is 0 Å². The van der Waals surface area contributed by atoms with Gasteiger partial charge in [-0.3, -0.25) is 4.79 Å². The maximum atomic E-state index is 14.3. The van der Waals surface area contributed by atoms with E-state index in [1.807, 2.05) is 0 Å². The maximum Gasteiger partial charge on any atom is 0.339 e. The lowest BCUT2D eigenvalue weighted by Gasteiger charge is -2.26. The van der Waals surface area contributed by atoms with Gasteiger partial charge in [-0.05, 0) is 30.3 Å². The Morgan fingerprint density at radius 1 is 1.16 bits per heavy atom. The molecular weight excluding hydrogens is 431 g/mol. The lowest BCUT2D eigenvalue weighted by molar-refractivity contribution is 0.0335. The summed E-state index contributed by atoms with van der Waals surface area (Å²) >= 11 is 0. The second-order valence-electron chi connectivity index (χ2n) is 6.63. The highest BCUT2D eigenvalue weighted by Crippen LogP contribution is 2.22. The number of hydrogen-bond donors (Lipinski definition) is 0. The molecule has 4 rings (SSSR count). The van der Waals surface area contributed by atoms with E-state index in [9.17, 15) is 22.4 Å². The van der Waals surface area contributed by atoms with E-state index in [1.54, 1.807) is 24.3 Å². The zero-order valence-electron chi connectivity index (χ0n) is 16.1. The number of morpholine rings is 1. The van der Waals surface area contributed by atoms with Crippen LogP contribution in [0.5, 0.6) is 0 Å². The Morgan fingerprint density at radius 3 is 2.68 bits per heavy atom. The summed E-state index contributed by atoms with van der Waals surface area (Å²) in [5.74, 6) is -1.93. The number of halogens is 1. The minimum atomic E-state index is -4.15. The van der Waals surface area contributed by atoms with E-state index < -0.39 is 39.0 Å². The average molecular weight is 448 g/mol. The van der Waals surface area contributed by atoms with Crippen LogP contribution in [0, 0.1) is 5.82 Å². The third kappa shape index (κ3) is 4.17. The van der Waals surface area contributed by atoms with Gasteiger partial charge in [0.25, 0.3) is 5.56 Å². The molecule has 0 bridgehead atoms. The van der Waals surface area contributed by atoms with Gasteiger partial charge in [-0.25, -0.2) is 17.6 Å². The summed E-state index contributed by atoms with van der Waals surface area (Å²) in [6, 6.07) is 9.45. The molecule has 1 aliphatic rings. The van der Waals surface area contributed by atoms with Crippen molar-refractivity contribution in [1.29, 1.82) is 0 Å². The van der Waals surface area contributed by atoms with Gasteiger partial charge in [-0.2, -0.15) is 8.99 Å². The topological polar surface area (TPSA) is 121 Å². The molecule has 3 aromatic rings. The summed E-state index contributed by atoms with van der Waals surface area (Å²) in [5, 5.41) is 7.89. The fraction of sp³-hybridized carbons (Fsp3) is 0.263. The Balaban J connectivity index is 1.55. The summed E-state index contributed by atoms with van der Waals surface area (Å²) in [6.07, 6.45) is 0. The zero-order chi connectivity index (χ0) is 22.0. The van der Waals surface area contributed by atoms with Gasteiger partial charge in [-0.1, -0.05) is 17.3 Å². The second-order valence-corrected chi connectivity index (χ2v) is 8.54. The third-order valence-corrected chi connectivity index (χ3v) is 6.62. The molecule has 2 heterocycles. The molecule has 31 heavy (non-hydrogen) atoms. The standard InChI is InChI=1S/C19H17FN4O6S/c20-15-6-5-13(11-17(15)31(27,28)23-7-9-29-10-8-23)19(26)30-12-24-18(25)14-3-1-2-4-16(14)21-22-24/h1-6,11H,7-10,12H2. The van der Waals surface area contributed by atoms with Crippen LogP contribution >= 0.6 is 0 Å². The maximum absolute atomic E-state index is 14.3. The lowest BCUT2D eigenvalue weighted by atomic mass is 10.2. The third-order valence-electron chi connectivity index (χ3n) is 4.70. The van der Waals surface area contributed by atoms with Gasteiger partial charge < -0.3 is 9.47 Å². The van der Waals surface area contributed by atoms with Gasteiger partial charge in [-0.15, -0.1) is 5.10 Å². The quantitative estimate of drug-likeness (QED) is 0.525. The summed E-state index contributed by atoms with van der Waals surface area (Å²) in [6.45, 7) is 0.0205. The molecule has 162 valence electrons. The molecule has 0 radical (unpaired) electrons. The molecule has 1 fully saturated rings. The minimum Gasteiger partial charge on any atom is -0.439 e. The van der Waals surface area contributed by atoms with Gasteiger partial charge in [0.2, 0.25) is 10.0 Å². The summed E-state index contributed by atoms with van der Waals surface area (Å²) in [7, 11) is -4.15. The van der Waals surface area contributed by atoms with Crippen LogP contribution in [0.4, 0.5) is 4.39 Å². The fourth-order valence-corrected chi connectivity index (χ4v) is 4.56. The number of ether oxygens (including phenoxy) is 2. The number of carbonyl (C=O) groups is 1. The summed E-state index contributed by atoms with van der Waals surface area (Å²) in [5.41, 5.74) is -0.297. The van der Waals surface area contributed by atoms with E-state index >= 15 is 0 Å². The Hall–Kier alpha value is -3.22. The summed E-state index contributed by atoms with van der Waals surface area (Å²) < 4.78 is 51.9. The highest BCUT2D eigenvalue weighted by Gasteiger charge is 2.30. The predicted molar refractivity (Wildman–Crippen MR) is 105 cm³/mol. The number of sulfonamides is 1. The molecule has 0 unspecified atom stereocenters. The molecule has 0 N–H and O–H groups in total. The van der Waals surface area contributed by atoms with Crippen molar-refractivity contribution in [3.8, 4) is 0 Å². The molecule has 12 heteroatoms. The van der Waals surface area contributed by atoms with E-state index in [0.717, 1.165) is 27.2 Å². The van der Waals surface area contributed by atoms with Crippen molar-refractivity contribution >= 4 is 26.9 Å². The van der Waals surface area contributed by atoms with Gasteiger partial charge >= 0.3 is 5.97 Å². The molecule has 1 saturated heterocycles. The van der Waals surface area contributed by atoms with Gasteiger partial charge in [0.1, 0.15) is 16.2 Å². The number of benzene rings is 2. The van der Waals surface area contributed by atoms with Crippen LogP contribution in [-0.2, 0) is 26.2 Å². The molecule has 0 spiro atoms. The molecule has 1 aromatic heterocycles. The molecule has 0 atom stereocenters. The first-order valence-electron chi connectivity index (χ1n) is 9.25. The van der Waals surface area contributed by atoms with Crippen molar-refractivity contribution in [1.82, 2.24) is 19.3 Å². The van der Waals surface area contributed by atoms with Crippen LogP contribution in [0.1, 0.15) is 10.4 Å². The van der Waals surface area contributed by atoms with Crippen molar-refractivity contribution in [3.05, 3.63) is 64.2 Å². The second kappa shape index (κ2) is 8.49. The SMILES string of the molecule is O=C(OCn1nnc2ccccc2c1=O)c1ccc(F)c(S(=O)(=O)N2CCOCC2)c1. The van der Waals surface area contributed by atoms with E-state index in [4.69, 9.17) is 9.47 Å². The van der Waals surface area contributed by atoms with Crippen molar-refractivity contribution in [2.24, 2.45) is 0 Å². The Bertz CT molecular complexity index is 1300. The Morgan fingerprint density at radius 2 is 1.90 bits per heavy atom. The first-order valence-corrected chi connectivity index (χ1v) is 10.7. The van der Waals surface area contributed by atoms with Crippen LogP contribution in [0.25, 0.3) is 10.9 Å². The van der Waals surface area contributed by atoms with Crippen molar-refractivity contribution in [3.63, 3.8) is 0 Å². The van der Waals surface area contributed by atoms with Crippen molar-refractivity contribution < 1.29 is 27.1 Å². The van der Waals surface area contributed by atoms with E-state index in [-0.39, 0.29) is 31.9 Å². The van der Waals surface area contributed by atoms with Crippen LogP contribution < -0.4 is 5.56 Å². The number of rotatable bonds is 5. The highest BCUT2D eigenvalue weighted by atomic mass is 32.2. The molecular formula is C19H17FN4O6S. The number of nitrogens with zero attached hydrogens (tertiary/aromatic N) is 4. The number of fused-ring (bicyclic) bond motifs is 1. The average Bonchev–Trinajstić information content (AvgIpc) is 2.79. The fourth-order valence-electron chi connectivity index (χ4n) is 3.07. The number of aromatic nitrogens is 3. The van der Waals surface area contributed by atoms with Crippen molar-refractivity contribution in [2.75, 3.05) is 26.3 Å². The molecule has 0 amide bonds. The van der Waals surface area contributed by atoms with Gasteiger partial charge in [0, 0.05) is 13.1 Å². The van der Waals surface area contributed by atoms with E-state index in [2.05, 4.69) is 10.3 Å². The highest BCUT2D eigenvalue weighted by molar-refractivity contribution is 7.89. The van der Waals surface area contributed by atoms with Gasteiger partial charge in [0.05, 0.1) is 24.2 Å². The Labute approximate surface area is 175 Å². The number of carbonyl (C=O) groups excluding carboxylic acids is 1.